The fraction of sp³-hybridized carbons (Fsp3) is 0.583. The third kappa shape index (κ3) is 5.00. The number of pyridine rings is 1. The van der Waals surface area contributed by atoms with Crippen molar-refractivity contribution >= 4 is 27.5 Å². The summed E-state index contributed by atoms with van der Waals surface area (Å²) in [6.07, 6.45) is 5.76. The maximum atomic E-state index is 12.3. The molecule has 0 aliphatic carbocycles. The Morgan fingerprint density at radius 2 is 2.21 bits per heavy atom. The minimum absolute atomic E-state index is 0.0906. The first-order valence-electron chi connectivity index (χ1n) is 6.20. The Morgan fingerprint density at radius 1 is 1.47 bits per heavy atom. The van der Waals surface area contributed by atoms with Crippen LogP contribution in [0.3, 0.4) is 0 Å². The summed E-state index contributed by atoms with van der Waals surface area (Å²) in [5, 5.41) is 3.04. The van der Waals surface area contributed by atoms with Crippen molar-refractivity contribution in [3.63, 3.8) is 0 Å². The quantitative estimate of drug-likeness (QED) is 0.768. The van der Waals surface area contributed by atoms with Crippen LogP contribution in [0.5, 0.6) is 0 Å². The van der Waals surface area contributed by atoms with E-state index in [1.807, 2.05) is 20.1 Å². The van der Waals surface area contributed by atoms with Gasteiger partial charge in [0.15, 0.2) is 0 Å². The van der Waals surface area contributed by atoms with Crippen LogP contribution in [0.4, 0.5) is 5.69 Å². The van der Waals surface area contributed by atoms with Gasteiger partial charge in [-0.15, -0.1) is 0 Å². The normalized spacial score (nSPS) is 13.2. The molecule has 19 heavy (non-hydrogen) atoms. The van der Waals surface area contributed by atoms with E-state index in [9.17, 15) is 8.42 Å². The Kier molecular flexibility index (Phi) is 6.60. The zero-order valence-corrected chi connectivity index (χ0v) is 13.1. The molecule has 5 nitrogen and oxygen atoms in total. The predicted molar refractivity (Wildman–Crippen MR) is 81.2 cm³/mol. The molecular weight excluding hydrogens is 282 g/mol. The lowest BCUT2D eigenvalue weighted by Gasteiger charge is -2.16. The lowest BCUT2D eigenvalue weighted by molar-refractivity contribution is 0.557. The van der Waals surface area contributed by atoms with Crippen LogP contribution in [0.1, 0.15) is 20.3 Å². The molecule has 1 aromatic heterocycles. The molecule has 0 aliphatic heterocycles. The van der Waals surface area contributed by atoms with Crippen LogP contribution < -0.4 is 10.0 Å². The van der Waals surface area contributed by atoms with Gasteiger partial charge in [0.2, 0.25) is 10.0 Å². The summed E-state index contributed by atoms with van der Waals surface area (Å²) < 4.78 is 27.3. The summed E-state index contributed by atoms with van der Waals surface area (Å²) in [6, 6.07) is 1.58. The Hall–Kier alpha value is -0.790. The lowest BCUT2D eigenvalue weighted by atomic mass is 10.3. The molecule has 108 valence electrons. The second kappa shape index (κ2) is 7.72. The molecule has 1 aromatic rings. The van der Waals surface area contributed by atoms with Gasteiger partial charge in [0.25, 0.3) is 0 Å². The SMILES string of the molecule is CCNc1ccncc1S(=O)(=O)NC(C)CCSC. The third-order valence-corrected chi connectivity index (χ3v) is 4.81. The highest BCUT2D eigenvalue weighted by Gasteiger charge is 2.20. The second-order valence-corrected chi connectivity index (χ2v) is 6.87. The van der Waals surface area contributed by atoms with Crippen LogP contribution in [-0.2, 0) is 10.0 Å². The molecule has 0 amide bonds. The standard InChI is InChI=1S/C12H21N3O2S2/c1-4-14-11-5-7-13-9-12(11)19(16,17)15-10(2)6-8-18-3/h5,7,9-10,15H,4,6,8H2,1-3H3,(H,13,14). The Bertz CT molecular complexity index is 492. The van der Waals surface area contributed by atoms with Gasteiger partial charge in [-0.2, -0.15) is 11.8 Å². The molecule has 1 rings (SSSR count). The van der Waals surface area contributed by atoms with Gasteiger partial charge in [-0.25, -0.2) is 13.1 Å². The smallest absolute Gasteiger partial charge is 0.244 e. The molecule has 2 N–H and O–H groups in total. The minimum Gasteiger partial charge on any atom is -0.384 e. The molecule has 0 aliphatic rings. The van der Waals surface area contributed by atoms with E-state index < -0.39 is 10.0 Å². The summed E-state index contributed by atoms with van der Waals surface area (Å²) in [4.78, 5) is 4.10. The first-order valence-corrected chi connectivity index (χ1v) is 9.08. The fourth-order valence-corrected chi connectivity index (χ4v) is 3.61. The van der Waals surface area contributed by atoms with Crippen LogP contribution in [0.2, 0.25) is 0 Å². The van der Waals surface area contributed by atoms with E-state index in [-0.39, 0.29) is 10.9 Å². The zero-order valence-electron chi connectivity index (χ0n) is 11.5. The Labute approximate surface area is 119 Å². The van der Waals surface area contributed by atoms with Crippen LogP contribution in [0.15, 0.2) is 23.4 Å². The first kappa shape index (κ1) is 16.3. The number of anilines is 1. The molecule has 1 unspecified atom stereocenters. The van der Waals surface area contributed by atoms with E-state index in [0.717, 1.165) is 12.2 Å². The van der Waals surface area contributed by atoms with E-state index in [2.05, 4.69) is 15.0 Å². The van der Waals surface area contributed by atoms with Crippen molar-refractivity contribution in [2.75, 3.05) is 23.9 Å². The van der Waals surface area contributed by atoms with Crippen LogP contribution >= 0.6 is 11.8 Å². The van der Waals surface area contributed by atoms with E-state index >= 15 is 0 Å². The molecule has 0 saturated carbocycles. The highest BCUT2D eigenvalue weighted by molar-refractivity contribution is 7.98. The topological polar surface area (TPSA) is 71.1 Å². The summed E-state index contributed by atoms with van der Waals surface area (Å²) in [7, 11) is -3.53. The zero-order chi connectivity index (χ0) is 14.3. The lowest BCUT2D eigenvalue weighted by Crippen LogP contribution is -2.33. The van der Waals surface area contributed by atoms with Gasteiger partial charge in [-0.3, -0.25) is 4.98 Å². The van der Waals surface area contributed by atoms with Crippen molar-refractivity contribution in [2.24, 2.45) is 0 Å². The maximum Gasteiger partial charge on any atom is 0.244 e. The van der Waals surface area contributed by atoms with E-state index in [1.165, 1.54) is 6.20 Å². The van der Waals surface area contributed by atoms with Gasteiger partial charge >= 0.3 is 0 Å². The first-order chi connectivity index (χ1) is 9.01. The van der Waals surface area contributed by atoms with E-state index in [0.29, 0.717) is 12.2 Å². The summed E-state index contributed by atoms with van der Waals surface area (Å²) in [5.74, 6) is 0.927. The molecular formula is C12H21N3O2S2. The number of aromatic nitrogens is 1. The molecule has 0 saturated heterocycles. The third-order valence-electron chi connectivity index (χ3n) is 2.55. The van der Waals surface area contributed by atoms with Gasteiger partial charge < -0.3 is 5.32 Å². The van der Waals surface area contributed by atoms with Crippen molar-refractivity contribution in [1.29, 1.82) is 0 Å². The molecule has 0 spiro atoms. The highest BCUT2D eigenvalue weighted by atomic mass is 32.2. The fourth-order valence-electron chi connectivity index (χ4n) is 1.61. The van der Waals surface area contributed by atoms with Crippen LogP contribution in [0, 0.1) is 0 Å². The molecule has 7 heteroatoms. The van der Waals surface area contributed by atoms with Crippen molar-refractivity contribution in [3.05, 3.63) is 18.5 Å². The van der Waals surface area contributed by atoms with E-state index in [4.69, 9.17) is 0 Å². The number of hydrogen-bond acceptors (Lipinski definition) is 5. The molecule has 0 bridgehead atoms. The largest absolute Gasteiger partial charge is 0.384 e. The number of nitrogens with zero attached hydrogens (tertiary/aromatic N) is 1. The van der Waals surface area contributed by atoms with Crippen molar-refractivity contribution in [2.45, 2.75) is 31.2 Å². The van der Waals surface area contributed by atoms with Crippen LogP contribution in [-0.4, -0.2) is 38.0 Å². The monoisotopic (exact) mass is 303 g/mol. The van der Waals surface area contributed by atoms with E-state index in [1.54, 1.807) is 24.0 Å². The second-order valence-electron chi connectivity index (χ2n) is 4.21. The van der Waals surface area contributed by atoms with Crippen molar-refractivity contribution in [1.82, 2.24) is 9.71 Å². The summed E-state index contributed by atoms with van der Waals surface area (Å²) >= 11 is 1.70. The average Bonchev–Trinajstić information content (AvgIpc) is 2.37. The number of rotatable bonds is 8. The summed E-state index contributed by atoms with van der Waals surface area (Å²) in [6.45, 7) is 4.46. The molecule has 0 radical (unpaired) electrons. The van der Waals surface area contributed by atoms with Gasteiger partial charge in [0.05, 0.1) is 5.69 Å². The number of thioether (sulfide) groups is 1. The Balaban J connectivity index is 2.88. The molecule has 0 aromatic carbocycles. The number of hydrogen-bond donors (Lipinski definition) is 2. The van der Waals surface area contributed by atoms with Gasteiger partial charge in [-0.05, 0) is 38.3 Å². The van der Waals surface area contributed by atoms with Gasteiger partial charge in [0, 0.05) is 25.0 Å². The number of nitrogens with one attached hydrogen (secondary N) is 2. The maximum absolute atomic E-state index is 12.3. The van der Waals surface area contributed by atoms with Crippen LogP contribution in [0.25, 0.3) is 0 Å². The minimum atomic E-state index is -3.53. The highest BCUT2D eigenvalue weighted by Crippen LogP contribution is 2.19. The predicted octanol–water partition coefficient (Wildman–Crippen LogP) is 1.93. The van der Waals surface area contributed by atoms with Crippen molar-refractivity contribution < 1.29 is 8.42 Å². The summed E-state index contributed by atoms with van der Waals surface area (Å²) in [5.41, 5.74) is 0.585. The molecule has 1 atom stereocenters. The van der Waals surface area contributed by atoms with Crippen molar-refractivity contribution in [3.8, 4) is 0 Å². The van der Waals surface area contributed by atoms with Gasteiger partial charge in [0.1, 0.15) is 4.90 Å². The molecule has 0 fully saturated rings. The van der Waals surface area contributed by atoms with Gasteiger partial charge in [-0.1, -0.05) is 0 Å². The molecule has 1 heterocycles. The average molecular weight is 303 g/mol. The number of sulfonamides is 1. The Morgan fingerprint density at radius 3 is 2.84 bits per heavy atom.